The van der Waals surface area contributed by atoms with Gasteiger partial charge in [-0.25, -0.2) is 0 Å². The van der Waals surface area contributed by atoms with Crippen LogP contribution < -0.4 is 10.2 Å². The van der Waals surface area contributed by atoms with Crippen LogP contribution in [0.5, 0.6) is 0 Å². The summed E-state index contributed by atoms with van der Waals surface area (Å²) in [6.07, 6.45) is 5.05. The molecule has 1 aromatic rings. The highest BCUT2D eigenvalue weighted by Gasteiger charge is 2.40. The maximum Gasteiger partial charge on any atom is 0.0612 e. The first-order chi connectivity index (χ1) is 8.69. The van der Waals surface area contributed by atoms with E-state index < -0.39 is 0 Å². The molecule has 1 N–H and O–H groups in total. The molecular weight excluding hydrogens is 267 g/mol. The van der Waals surface area contributed by atoms with Crippen molar-refractivity contribution in [3.8, 4) is 0 Å². The number of benzene rings is 1. The lowest BCUT2D eigenvalue weighted by Crippen LogP contribution is -2.48. The topological polar surface area (TPSA) is 15.3 Å². The summed E-state index contributed by atoms with van der Waals surface area (Å²) in [4.78, 5) is 2.55. The van der Waals surface area contributed by atoms with Gasteiger partial charge in [0.25, 0.3) is 0 Å². The van der Waals surface area contributed by atoms with Crippen LogP contribution in [0.1, 0.15) is 25.7 Å². The number of piperidine rings is 1. The molecule has 2 nitrogen and oxygen atoms in total. The zero-order valence-corrected chi connectivity index (χ0v) is 12.0. The highest BCUT2D eigenvalue weighted by Crippen LogP contribution is 2.40. The van der Waals surface area contributed by atoms with E-state index in [4.69, 9.17) is 23.2 Å². The molecule has 2 aliphatic rings. The fraction of sp³-hybridized carbons (Fsp3) is 0.571. The van der Waals surface area contributed by atoms with Crippen LogP contribution in [0.25, 0.3) is 0 Å². The van der Waals surface area contributed by atoms with Gasteiger partial charge in [0.15, 0.2) is 0 Å². The van der Waals surface area contributed by atoms with Crippen molar-refractivity contribution in [2.24, 2.45) is 0 Å². The molecule has 18 heavy (non-hydrogen) atoms. The summed E-state index contributed by atoms with van der Waals surface area (Å²) in [5.74, 6) is 0. The monoisotopic (exact) mass is 284 g/mol. The molecule has 98 valence electrons. The first kappa shape index (κ1) is 12.6. The number of nitrogens with zero attached hydrogens (tertiary/aromatic N) is 1. The lowest BCUT2D eigenvalue weighted by molar-refractivity contribution is 0.374. The number of fused-ring (bicyclic) bond motifs is 2. The maximum absolute atomic E-state index is 6.13. The van der Waals surface area contributed by atoms with E-state index in [0.717, 1.165) is 0 Å². The zero-order chi connectivity index (χ0) is 12.7. The largest absolute Gasteiger partial charge is 0.365 e. The Hall–Kier alpha value is -0.440. The van der Waals surface area contributed by atoms with Gasteiger partial charge >= 0.3 is 0 Å². The van der Waals surface area contributed by atoms with E-state index in [1.54, 1.807) is 0 Å². The smallest absolute Gasteiger partial charge is 0.0612 e. The van der Waals surface area contributed by atoms with Crippen LogP contribution in [0.4, 0.5) is 5.69 Å². The summed E-state index contributed by atoms with van der Waals surface area (Å²) < 4.78 is 0. The van der Waals surface area contributed by atoms with Gasteiger partial charge in [0.05, 0.1) is 10.0 Å². The molecule has 1 aromatic carbocycles. The Morgan fingerprint density at radius 1 is 1.11 bits per heavy atom. The molecule has 4 heteroatoms. The molecular formula is C14H18Cl2N2. The average molecular weight is 285 g/mol. The Kier molecular flexibility index (Phi) is 3.44. The second-order valence-electron chi connectivity index (χ2n) is 5.35. The Morgan fingerprint density at radius 3 is 2.33 bits per heavy atom. The van der Waals surface area contributed by atoms with E-state index in [0.29, 0.717) is 28.2 Å². The van der Waals surface area contributed by atoms with Crippen molar-refractivity contribution in [3.63, 3.8) is 0 Å². The van der Waals surface area contributed by atoms with Gasteiger partial charge in [0, 0.05) is 23.8 Å². The van der Waals surface area contributed by atoms with Crippen LogP contribution in [0, 0.1) is 0 Å². The SMILES string of the molecule is CNC1CC2CCC(C1)N2c1ccc(Cl)c(Cl)c1. The van der Waals surface area contributed by atoms with Gasteiger partial charge < -0.3 is 10.2 Å². The first-order valence-electron chi connectivity index (χ1n) is 6.59. The van der Waals surface area contributed by atoms with Crippen molar-refractivity contribution in [1.29, 1.82) is 0 Å². The van der Waals surface area contributed by atoms with Crippen LogP contribution in [-0.4, -0.2) is 25.2 Å². The lowest BCUT2D eigenvalue weighted by atomic mass is 9.97. The maximum atomic E-state index is 6.13. The molecule has 2 heterocycles. The van der Waals surface area contributed by atoms with Crippen LogP contribution in [0.2, 0.25) is 10.0 Å². The van der Waals surface area contributed by atoms with E-state index in [1.807, 2.05) is 12.1 Å². The number of halogens is 2. The lowest BCUT2D eigenvalue weighted by Gasteiger charge is -2.40. The molecule has 3 rings (SSSR count). The Morgan fingerprint density at radius 2 is 1.78 bits per heavy atom. The van der Waals surface area contributed by atoms with Gasteiger partial charge in [0.1, 0.15) is 0 Å². The molecule has 2 aliphatic heterocycles. The van der Waals surface area contributed by atoms with Crippen molar-refractivity contribution >= 4 is 28.9 Å². The third kappa shape index (κ3) is 2.11. The summed E-state index contributed by atoms with van der Waals surface area (Å²) in [6.45, 7) is 0. The third-order valence-corrected chi connectivity index (χ3v) is 5.08. The van der Waals surface area contributed by atoms with E-state index >= 15 is 0 Å². The van der Waals surface area contributed by atoms with Crippen LogP contribution >= 0.6 is 23.2 Å². The van der Waals surface area contributed by atoms with Crippen molar-refractivity contribution in [3.05, 3.63) is 28.2 Å². The second-order valence-corrected chi connectivity index (χ2v) is 6.16. The normalized spacial score (nSPS) is 30.8. The third-order valence-electron chi connectivity index (χ3n) is 4.34. The van der Waals surface area contributed by atoms with Gasteiger partial charge in [-0.1, -0.05) is 23.2 Å². The Bertz CT molecular complexity index is 435. The number of nitrogens with one attached hydrogen (secondary N) is 1. The highest BCUT2D eigenvalue weighted by molar-refractivity contribution is 6.42. The van der Waals surface area contributed by atoms with Gasteiger partial charge in [-0.15, -0.1) is 0 Å². The zero-order valence-electron chi connectivity index (χ0n) is 10.5. The molecule has 2 unspecified atom stereocenters. The molecule has 0 spiro atoms. The molecule has 2 fully saturated rings. The Labute approximate surface area is 118 Å². The number of hydrogen-bond acceptors (Lipinski definition) is 2. The molecule has 2 bridgehead atoms. The fourth-order valence-electron chi connectivity index (χ4n) is 3.48. The minimum absolute atomic E-state index is 0.637. The van der Waals surface area contributed by atoms with E-state index in [9.17, 15) is 0 Å². The molecule has 0 aliphatic carbocycles. The van der Waals surface area contributed by atoms with Gasteiger partial charge in [-0.3, -0.25) is 0 Å². The number of hydrogen-bond donors (Lipinski definition) is 1. The standard InChI is InChI=1S/C14H18Cl2N2/c1-17-9-6-10-2-3-11(7-9)18(10)12-4-5-13(15)14(16)8-12/h4-5,8-11,17H,2-3,6-7H2,1H3. The van der Waals surface area contributed by atoms with Crippen molar-refractivity contribution in [2.45, 2.75) is 43.8 Å². The van der Waals surface area contributed by atoms with Crippen LogP contribution in [0.15, 0.2) is 18.2 Å². The summed E-state index contributed by atoms with van der Waals surface area (Å²) in [6, 6.07) is 7.98. The van der Waals surface area contributed by atoms with Crippen molar-refractivity contribution < 1.29 is 0 Å². The predicted octanol–water partition coefficient (Wildman–Crippen LogP) is 3.71. The van der Waals surface area contributed by atoms with E-state index in [2.05, 4.69) is 23.3 Å². The fourth-order valence-corrected chi connectivity index (χ4v) is 3.77. The summed E-state index contributed by atoms with van der Waals surface area (Å²) in [7, 11) is 2.07. The highest BCUT2D eigenvalue weighted by atomic mass is 35.5. The quantitative estimate of drug-likeness (QED) is 0.891. The van der Waals surface area contributed by atoms with Crippen LogP contribution in [-0.2, 0) is 0 Å². The summed E-state index contributed by atoms with van der Waals surface area (Å²) in [5, 5.41) is 4.72. The number of rotatable bonds is 2. The van der Waals surface area contributed by atoms with Gasteiger partial charge in [-0.05, 0) is 50.9 Å². The molecule has 0 saturated carbocycles. The minimum atomic E-state index is 0.637. The van der Waals surface area contributed by atoms with E-state index in [1.165, 1.54) is 31.4 Å². The molecule has 2 atom stereocenters. The predicted molar refractivity (Wildman–Crippen MR) is 77.8 cm³/mol. The second kappa shape index (κ2) is 4.92. The summed E-state index contributed by atoms with van der Waals surface area (Å²) in [5.41, 5.74) is 1.23. The minimum Gasteiger partial charge on any atom is -0.365 e. The molecule has 0 amide bonds. The van der Waals surface area contributed by atoms with Crippen molar-refractivity contribution in [1.82, 2.24) is 5.32 Å². The first-order valence-corrected chi connectivity index (χ1v) is 7.35. The Balaban J connectivity index is 1.87. The summed E-state index contributed by atoms with van der Waals surface area (Å²) >= 11 is 12.1. The molecule has 2 saturated heterocycles. The molecule has 0 aromatic heterocycles. The van der Waals surface area contributed by atoms with E-state index in [-0.39, 0.29) is 0 Å². The van der Waals surface area contributed by atoms with Gasteiger partial charge in [-0.2, -0.15) is 0 Å². The average Bonchev–Trinajstić information content (AvgIpc) is 2.64. The van der Waals surface area contributed by atoms with Crippen molar-refractivity contribution in [2.75, 3.05) is 11.9 Å². The van der Waals surface area contributed by atoms with Crippen LogP contribution in [0.3, 0.4) is 0 Å². The molecule has 0 radical (unpaired) electrons. The number of anilines is 1. The van der Waals surface area contributed by atoms with Gasteiger partial charge in [0.2, 0.25) is 0 Å².